The Balaban J connectivity index is 0.000000280. The van der Waals surface area contributed by atoms with E-state index < -0.39 is 163 Å². The molecule has 6 heterocycles. The van der Waals surface area contributed by atoms with Gasteiger partial charge in [-0.15, -0.1) is 0 Å². The van der Waals surface area contributed by atoms with Crippen molar-refractivity contribution in [1.82, 2.24) is 29.7 Å². The van der Waals surface area contributed by atoms with Gasteiger partial charge in [0.1, 0.15) is 32.5 Å². The summed E-state index contributed by atoms with van der Waals surface area (Å²) >= 11 is 23.6. The number of aliphatic hydroxyl groups excluding tert-OH is 1. The number of hydrogen-bond acceptors (Lipinski definition) is 28. The summed E-state index contributed by atoms with van der Waals surface area (Å²) in [5.74, 6) is -15.7. The highest BCUT2D eigenvalue weighted by Gasteiger charge is 2.35. The second-order valence-corrected chi connectivity index (χ2v) is 39.5. The first kappa shape index (κ1) is 113. The number of aromatic nitrogens is 3. The van der Waals surface area contributed by atoms with Crippen molar-refractivity contribution in [3.8, 4) is 0 Å². The Labute approximate surface area is 779 Å². The van der Waals surface area contributed by atoms with Gasteiger partial charge in [0.15, 0.2) is 69.8 Å². The molecule has 1 fully saturated rings. The van der Waals surface area contributed by atoms with Crippen molar-refractivity contribution >= 4 is 200 Å². The number of carbonyl (C=O) groups is 4. The highest BCUT2D eigenvalue weighted by Crippen LogP contribution is 2.41. The lowest BCUT2D eigenvalue weighted by Gasteiger charge is -2.22. The number of anilines is 11. The third-order valence-corrected chi connectivity index (χ3v) is 24.2. The molecule has 13 rings (SSSR count). The molecule has 0 bridgehead atoms. The fraction of sp³-hybridized carbons (Fsp3) is 0.257. The van der Waals surface area contributed by atoms with Gasteiger partial charge in [0.2, 0.25) is 56.0 Å². The van der Waals surface area contributed by atoms with Crippen molar-refractivity contribution < 1.29 is 134 Å². The first-order valence-corrected chi connectivity index (χ1v) is 47.2. The van der Waals surface area contributed by atoms with Crippen LogP contribution in [0.1, 0.15) is 61.0 Å². The predicted octanol–water partition coefficient (Wildman–Crippen LogP) is 11.9. The first-order valence-electron chi connectivity index (χ1n) is 36.4. The maximum Gasteiger partial charge on any atom is 0.296 e. The Hall–Kier alpha value is -12.9. The molecule has 61 heteroatoms. The van der Waals surface area contributed by atoms with Gasteiger partial charge in [0, 0.05) is 117 Å². The molecule has 1 aliphatic carbocycles. The van der Waals surface area contributed by atoms with Crippen LogP contribution in [0.15, 0.2) is 91.0 Å². The second kappa shape index (κ2) is 45.4. The first-order chi connectivity index (χ1) is 62.0. The number of sulfonamides is 5. The number of hydrogen-bond donors (Lipinski definition) is 7. The summed E-state index contributed by atoms with van der Waals surface area (Å²) in [6.45, 7) is 0.975. The van der Waals surface area contributed by atoms with Crippen molar-refractivity contribution in [2.75, 3.05) is 132 Å². The summed E-state index contributed by atoms with van der Waals surface area (Å²) in [6.07, 6.45) is 6.36. The zero-order valence-corrected chi connectivity index (χ0v) is 78.6. The van der Waals surface area contributed by atoms with Crippen LogP contribution in [0.4, 0.5) is 132 Å². The Morgan fingerprint density at radius 2 is 0.667 bits per heavy atom. The highest BCUT2D eigenvalue weighted by molar-refractivity contribution is 7.93. The third kappa shape index (κ3) is 30.0. The number of nitrogen functional groups attached to an aromatic ring is 2. The number of halogens is 16. The van der Waals surface area contributed by atoms with Gasteiger partial charge in [-0.05, 0) is 31.0 Å². The number of benzene rings is 6. The van der Waals surface area contributed by atoms with Gasteiger partial charge in [-0.1, -0.05) is 46.4 Å². The van der Waals surface area contributed by atoms with Gasteiger partial charge in [-0.2, -0.15) is 0 Å². The molecule has 0 unspecified atom stereocenters. The van der Waals surface area contributed by atoms with Crippen molar-refractivity contribution in [3.05, 3.63) is 245 Å². The van der Waals surface area contributed by atoms with Gasteiger partial charge in [-0.3, -0.25) is 71.5 Å². The van der Waals surface area contributed by atoms with E-state index in [-0.39, 0.29) is 115 Å². The molecule has 10 N–H and O–H groups in total. The maximum absolute atomic E-state index is 13.8. The zero-order valence-electron chi connectivity index (χ0n) is 71.5. The van der Waals surface area contributed by atoms with Gasteiger partial charge < -0.3 is 47.6 Å². The molecule has 135 heavy (non-hydrogen) atoms. The number of fused-ring (bicyclic) bond motifs is 3. The van der Waals surface area contributed by atoms with E-state index in [1.807, 2.05) is 0 Å². The van der Waals surface area contributed by atoms with Crippen LogP contribution >= 0.6 is 46.4 Å². The van der Waals surface area contributed by atoms with Gasteiger partial charge in [0.25, 0.3) is 34.8 Å². The molecule has 4 aliphatic rings. The molecule has 3 aliphatic heterocycles. The van der Waals surface area contributed by atoms with Crippen LogP contribution in [0.3, 0.4) is 0 Å². The number of aliphatic hydroxyl groups is 1. The lowest BCUT2D eigenvalue weighted by molar-refractivity contribution is -0.384. The highest BCUT2D eigenvalue weighted by atomic mass is 35.5. The van der Waals surface area contributed by atoms with Crippen LogP contribution in [0.2, 0.25) is 20.5 Å². The van der Waals surface area contributed by atoms with E-state index in [0.29, 0.717) is 80.1 Å². The van der Waals surface area contributed by atoms with Crippen LogP contribution in [0.25, 0.3) is 0 Å². The van der Waals surface area contributed by atoms with Crippen molar-refractivity contribution in [1.29, 1.82) is 0 Å². The topological polar surface area (TPSA) is 564 Å². The summed E-state index contributed by atoms with van der Waals surface area (Å²) in [4.78, 5) is 91.2. The minimum atomic E-state index is -3.81. The van der Waals surface area contributed by atoms with E-state index >= 15 is 0 Å². The number of nitrogens with one attached hydrogen (secondary N) is 3. The molecular formula is C74H75Cl4F12N19O21S5. The lowest BCUT2D eigenvalue weighted by atomic mass is 10.1. The number of nitrogens with two attached hydrogens (primary N) is 3. The van der Waals surface area contributed by atoms with E-state index in [2.05, 4.69) is 25.6 Å². The largest absolute Gasteiger partial charge is 0.400 e. The molecule has 9 aromatic rings. The van der Waals surface area contributed by atoms with E-state index in [1.54, 1.807) is 30.8 Å². The number of nitrogens with zero attached hydrogens (tertiary/aromatic N) is 13. The monoisotopic (exact) mass is 2090 g/mol. The molecule has 0 spiro atoms. The van der Waals surface area contributed by atoms with Crippen LogP contribution < -0.4 is 49.8 Å². The van der Waals surface area contributed by atoms with Gasteiger partial charge in [0.05, 0.1) is 168 Å². The molecule has 0 saturated heterocycles. The summed E-state index contributed by atoms with van der Waals surface area (Å²) < 4.78 is 275. The standard InChI is InChI=1S/2C16H15ClF2N4O3S.C8H6Cl2N2O.C8H8F2N2O4S.C8H10F2N2O2S.C7H6F2N2O4S.C6H4F2N2O2.C4H7NO.CH4O/c2*1-22-7-12-15(16(22)24)11(6-14(17)21-12)20-10-4-8(18)9(19)5-13(10)23(2)27(3,25)26;1-12-3-5-7(8(12)13)4(9)2-6(10)11-5;1-11(17(2,15)16)7-3-5(9)6(10)4-8(7)12(13)14;1-12(15(2,13)14)8-4-6(10)5(9)3-7(8)11;1-16(14,15)10-6-2-4(8)5(9)3-7(6)11(12)13;7-3-1-5(9)6(10(11)12)2-4(3)8;5-4(6)3-1-2-3;1-2/h2*4-6H,7H2,1-3H3,(H,20,21);2H,3H2,1H3;3-4H,1-2H3;3-4H,11H2,1-2H3;2-3,10H,1H3;1-2H,9H2;3H,1-2H2,(H2,5,6);2H,1H3. The summed E-state index contributed by atoms with van der Waals surface area (Å²) in [5, 5.41) is 44.7. The Bertz CT molecular complexity index is 6640. The second-order valence-electron chi connectivity index (χ2n) is 28.1. The molecule has 0 radical (unpaired) electrons. The number of amides is 4. The van der Waals surface area contributed by atoms with Crippen LogP contribution in [-0.2, 0) is 74.5 Å². The molecule has 1 saturated carbocycles. The minimum absolute atomic E-state index is 0.0476. The average Bonchev–Trinajstić information content (AvgIpc) is 1.65. The number of nitro benzene ring substituents is 3. The van der Waals surface area contributed by atoms with E-state index in [9.17, 15) is 144 Å². The molecule has 734 valence electrons. The normalized spacial score (nSPS) is 12.8. The fourth-order valence-electron chi connectivity index (χ4n) is 11.0. The fourth-order valence-corrected chi connectivity index (χ4v) is 14.5. The molecule has 40 nitrogen and oxygen atoms in total. The predicted molar refractivity (Wildman–Crippen MR) is 475 cm³/mol. The van der Waals surface area contributed by atoms with E-state index in [4.69, 9.17) is 68.7 Å². The van der Waals surface area contributed by atoms with Crippen LogP contribution in [-0.4, -0.2) is 203 Å². The Morgan fingerprint density at radius 3 is 0.993 bits per heavy atom. The van der Waals surface area contributed by atoms with E-state index in [1.165, 1.54) is 49.1 Å². The van der Waals surface area contributed by atoms with Crippen LogP contribution in [0.5, 0.6) is 0 Å². The summed E-state index contributed by atoms with van der Waals surface area (Å²) in [5.41, 5.74) is 13.8. The number of primary amides is 1. The summed E-state index contributed by atoms with van der Waals surface area (Å²) in [6, 6.07) is 11.4. The number of rotatable bonds is 18. The van der Waals surface area contributed by atoms with Crippen molar-refractivity contribution in [2.24, 2.45) is 11.7 Å². The minimum Gasteiger partial charge on any atom is -0.400 e. The third-order valence-electron chi connectivity index (χ3n) is 18.0. The summed E-state index contributed by atoms with van der Waals surface area (Å²) in [7, 11) is -8.15. The van der Waals surface area contributed by atoms with Crippen LogP contribution in [0, 0.1) is 106 Å². The molecule has 4 amide bonds. The van der Waals surface area contributed by atoms with Crippen molar-refractivity contribution in [3.63, 3.8) is 0 Å². The van der Waals surface area contributed by atoms with Crippen molar-refractivity contribution in [2.45, 2.75) is 32.5 Å². The SMILES string of the molecule is CN(c1cc(F)c(F)cc1N)S(C)(=O)=O.CN(c1cc(F)c(F)cc1[N+](=O)[O-])S(C)(=O)=O.CN1Cc2nc(Cl)cc(Cl)c2C1=O.CN1Cc2nc(Cl)cc(Nc3cc(F)c(F)cc3N(C)S(C)(=O)=O)c2C1=O.CN1Cc2nc(Cl)cc(Nc3cc(F)c(F)cc3N(C)S(C)(=O)=O)c2C1=O.CO.CS(=O)(=O)Nc1cc(F)c(F)cc1[N+](=O)[O-].NC(=O)C1CC1.Nc1cc(F)c(F)cc1[N+](=O)[O-]. The maximum atomic E-state index is 13.8. The number of nitro groups is 3. The molecule has 6 aromatic carbocycles. The molecular weight excluding hydrogens is 2020 g/mol. The lowest BCUT2D eigenvalue weighted by Crippen LogP contribution is -2.26. The smallest absolute Gasteiger partial charge is 0.296 e. The molecule has 3 aromatic heterocycles. The molecule has 0 atom stereocenters. The average molecular weight is 2100 g/mol. The Morgan fingerprint density at radius 1 is 0.400 bits per heavy atom. The zero-order chi connectivity index (χ0) is 103. The Kier molecular flexibility index (Phi) is 37.9. The van der Waals surface area contributed by atoms with Gasteiger partial charge >= 0.3 is 0 Å². The van der Waals surface area contributed by atoms with Gasteiger partial charge in [-0.25, -0.2) is 110 Å². The number of pyridine rings is 3. The quantitative estimate of drug-likeness (QED) is 0.0138. The van der Waals surface area contributed by atoms with E-state index in [0.717, 1.165) is 108 Å². The number of carbonyl (C=O) groups excluding carboxylic acids is 4.